The molecule has 0 unspecified atom stereocenters. The van der Waals surface area contributed by atoms with Gasteiger partial charge in [0.15, 0.2) is 13.2 Å². The standard InChI is InChI=1S/C22H44N2O3/c1-5-7-8-9-10-11-12-13-14-15-16-17-18-27-22(26)19-24(3,4)20-23-21(25)6-2/h5-20H2,1-4H3/p+1. The second-order valence-electron chi connectivity index (χ2n) is 8.32. The molecular weight excluding hydrogens is 340 g/mol. The van der Waals surface area contributed by atoms with E-state index in [2.05, 4.69) is 12.2 Å². The maximum absolute atomic E-state index is 11.9. The molecule has 0 aliphatic carbocycles. The number of nitrogens with one attached hydrogen (secondary N) is 1. The van der Waals surface area contributed by atoms with Gasteiger partial charge in [0.2, 0.25) is 5.91 Å². The van der Waals surface area contributed by atoms with Crippen LogP contribution in [0.1, 0.15) is 97.3 Å². The van der Waals surface area contributed by atoms with E-state index >= 15 is 0 Å². The van der Waals surface area contributed by atoms with Gasteiger partial charge in [-0.2, -0.15) is 0 Å². The molecule has 0 aliphatic rings. The molecule has 0 aromatic heterocycles. The minimum Gasteiger partial charge on any atom is -0.462 e. The number of carbonyl (C=O) groups excluding carboxylic acids is 2. The largest absolute Gasteiger partial charge is 0.462 e. The van der Waals surface area contributed by atoms with E-state index in [1.165, 1.54) is 64.2 Å². The van der Waals surface area contributed by atoms with Crippen molar-refractivity contribution in [2.24, 2.45) is 0 Å². The van der Waals surface area contributed by atoms with Crippen molar-refractivity contribution in [3.8, 4) is 0 Å². The van der Waals surface area contributed by atoms with Gasteiger partial charge in [0, 0.05) is 6.42 Å². The zero-order valence-electron chi connectivity index (χ0n) is 18.5. The topological polar surface area (TPSA) is 55.4 Å². The number of likely N-dealkylation sites (N-methyl/N-ethyl adjacent to an activating group) is 1. The van der Waals surface area contributed by atoms with Crippen LogP contribution in [0.25, 0.3) is 0 Å². The number of carbonyl (C=O) groups is 2. The molecule has 1 N–H and O–H groups in total. The Morgan fingerprint density at radius 2 is 1.26 bits per heavy atom. The second-order valence-corrected chi connectivity index (χ2v) is 8.32. The van der Waals surface area contributed by atoms with Crippen LogP contribution in [0.15, 0.2) is 0 Å². The third-order valence-electron chi connectivity index (χ3n) is 4.84. The number of unbranched alkanes of at least 4 members (excludes halogenated alkanes) is 11. The molecule has 1 amide bonds. The number of amides is 1. The van der Waals surface area contributed by atoms with E-state index in [1.54, 1.807) is 0 Å². The van der Waals surface area contributed by atoms with Crippen LogP contribution in [0.4, 0.5) is 0 Å². The van der Waals surface area contributed by atoms with E-state index in [0.717, 1.165) is 12.8 Å². The Morgan fingerprint density at radius 3 is 1.74 bits per heavy atom. The average Bonchev–Trinajstić information content (AvgIpc) is 2.63. The molecule has 0 radical (unpaired) electrons. The molecule has 0 aliphatic heterocycles. The SMILES string of the molecule is CCCCCCCCCCCCCCOC(=O)C[N+](C)(C)CNC(=O)CC. The van der Waals surface area contributed by atoms with Crippen molar-refractivity contribution in [3.63, 3.8) is 0 Å². The molecule has 0 fully saturated rings. The molecule has 0 heterocycles. The molecule has 0 aromatic carbocycles. The van der Waals surface area contributed by atoms with Crippen LogP contribution in [0.3, 0.4) is 0 Å². The fourth-order valence-electron chi connectivity index (χ4n) is 3.01. The van der Waals surface area contributed by atoms with E-state index in [0.29, 0.717) is 24.2 Å². The highest BCUT2D eigenvalue weighted by Crippen LogP contribution is 2.12. The van der Waals surface area contributed by atoms with Gasteiger partial charge in [-0.3, -0.25) is 4.79 Å². The first-order valence-electron chi connectivity index (χ1n) is 11.2. The quantitative estimate of drug-likeness (QED) is 0.160. The lowest BCUT2D eigenvalue weighted by atomic mass is 10.1. The number of rotatable bonds is 18. The highest BCUT2D eigenvalue weighted by atomic mass is 16.5. The molecule has 5 heteroatoms. The average molecular weight is 386 g/mol. The molecule has 0 saturated heterocycles. The molecule has 160 valence electrons. The normalized spacial score (nSPS) is 11.4. The zero-order chi connectivity index (χ0) is 20.4. The number of nitrogens with zero attached hydrogens (tertiary/aromatic N) is 1. The first-order valence-corrected chi connectivity index (χ1v) is 11.2. The lowest BCUT2D eigenvalue weighted by Gasteiger charge is -2.28. The van der Waals surface area contributed by atoms with Gasteiger partial charge in [0.05, 0.1) is 20.7 Å². The number of hydrogen-bond acceptors (Lipinski definition) is 3. The molecule has 0 saturated carbocycles. The summed E-state index contributed by atoms with van der Waals surface area (Å²) in [6.45, 7) is 5.31. The van der Waals surface area contributed by atoms with Gasteiger partial charge < -0.3 is 14.5 Å². The molecular formula is C22H45N2O3+. The highest BCUT2D eigenvalue weighted by molar-refractivity contribution is 5.75. The van der Waals surface area contributed by atoms with Crippen molar-refractivity contribution in [1.29, 1.82) is 0 Å². The van der Waals surface area contributed by atoms with E-state index in [9.17, 15) is 9.59 Å². The van der Waals surface area contributed by atoms with Crippen LogP contribution in [-0.4, -0.2) is 50.3 Å². The predicted molar refractivity (Wildman–Crippen MR) is 112 cm³/mol. The summed E-state index contributed by atoms with van der Waals surface area (Å²) in [5, 5.41) is 2.82. The molecule has 0 spiro atoms. The Balaban J connectivity index is 3.46. The van der Waals surface area contributed by atoms with Gasteiger partial charge in [0.1, 0.15) is 0 Å². The summed E-state index contributed by atoms with van der Waals surface area (Å²) in [7, 11) is 3.84. The molecule has 27 heavy (non-hydrogen) atoms. The van der Waals surface area contributed by atoms with Gasteiger partial charge in [-0.15, -0.1) is 0 Å². The van der Waals surface area contributed by atoms with Gasteiger partial charge in [-0.05, 0) is 6.42 Å². The molecule has 0 atom stereocenters. The third kappa shape index (κ3) is 18.0. The summed E-state index contributed by atoms with van der Waals surface area (Å²) in [6.07, 6.45) is 16.1. The van der Waals surface area contributed by atoms with E-state index in [-0.39, 0.29) is 18.4 Å². The van der Waals surface area contributed by atoms with Crippen molar-refractivity contribution in [2.45, 2.75) is 97.3 Å². The van der Waals surface area contributed by atoms with Crippen molar-refractivity contribution in [3.05, 3.63) is 0 Å². The molecule has 0 bridgehead atoms. The van der Waals surface area contributed by atoms with E-state index < -0.39 is 0 Å². The lowest BCUT2D eigenvalue weighted by molar-refractivity contribution is -0.884. The Kier molecular flexibility index (Phi) is 16.3. The van der Waals surface area contributed by atoms with E-state index in [1.807, 2.05) is 21.0 Å². The van der Waals surface area contributed by atoms with Crippen LogP contribution < -0.4 is 5.32 Å². The summed E-state index contributed by atoms with van der Waals surface area (Å²) in [6, 6.07) is 0. The van der Waals surface area contributed by atoms with Gasteiger partial charge in [0.25, 0.3) is 0 Å². The maximum atomic E-state index is 11.9. The molecule has 5 nitrogen and oxygen atoms in total. The Morgan fingerprint density at radius 1 is 0.778 bits per heavy atom. The van der Waals surface area contributed by atoms with Gasteiger partial charge >= 0.3 is 5.97 Å². The van der Waals surface area contributed by atoms with E-state index in [4.69, 9.17) is 4.74 Å². The minimum atomic E-state index is -0.186. The summed E-state index contributed by atoms with van der Waals surface area (Å²) >= 11 is 0. The highest BCUT2D eigenvalue weighted by Gasteiger charge is 2.21. The summed E-state index contributed by atoms with van der Waals surface area (Å²) in [5.74, 6) is -0.181. The number of quaternary nitrogens is 1. The predicted octanol–water partition coefficient (Wildman–Crippen LogP) is 4.79. The van der Waals surface area contributed by atoms with Crippen molar-refractivity contribution < 1.29 is 18.8 Å². The molecule has 0 aromatic rings. The van der Waals surface area contributed by atoms with Crippen LogP contribution in [-0.2, 0) is 14.3 Å². The van der Waals surface area contributed by atoms with Crippen molar-refractivity contribution in [2.75, 3.05) is 33.9 Å². The van der Waals surface area contributed by atoms with Crippen molar-refractivity contribution >= 4 is 11.9 Å². The van der Waals surface area contributed by atoms with Crippen molar-refractivity contribution in [1.82, 2.24) is 5.32 Å². The second kappa shape index (κ2) is 17.0. The summed E-state index contributed by atoms with van der Waals surface area (Å²) in [5.41, 5.74) is 0. The van der Waals surface area contributed by atoms with Crippen LogP contribution >= 0.6 is 0 Å². The summed E-state index contributed by atoms with van der Waals surface area (Å²) in [4.78, 5) is 23.2. The Bertz CT molecular complexity index is 384. The summed E-state index contributed by atoms with van der Waals surface area (Å²) < 4.78 is 5.74. The smallest absolute Gasteiger partial charge is 0.361 e. The van der Waals surface area contributed by atoms with Crippen LogP contribution in [0, 0.1) is 0 Å². The first kappa shape index (κ1) is 25.9. The fourth-order valence-corrected chi connectivity index (χ4v) is 3.01. The van der Waals surface area contributed by atoms with Crippen LogP contribution in [0.2, 0.25) is 0 Å². The van der Waals surface area contributed by atoms with Gasteiger partial charge in [-0.1, -0.05) is 84.5 Å². The fraction of sp³-hybridized carbons (Fsp3) is 0.909. The minimum absolute atomic E-state index is 0.00561. The zero-order valence-corrected chi connectivity index (χ0v) is 18.5. The van der Waals surface area contributed by atoms with Gasteiger partial charge in [-0.25, -0.2) is 4.79 Å². The molecule has 0 rings (SSSR count). The Hall–Kier alpha value is -1.10. The number of hydrogen-bond donors (Lipinski definition) is 1. The number of esters is 1. The monoisotopic (exact) mass is 385 g/mol. The third-order valence-corrected chi connectivity index (χ3v) is 4.84. The lowest BCUT2D eigenvalue weighted by Crippen LogP contribution is -2.51. The first-order chi connectivity index (χ1) is 12.9. The van der Waals surface area contributed by atoms with Crippen LogP contribution in [0.5, 0.6) is 0 Å². The Labute approximate surface area is 167 Å². The number of ether oxygens (including phenoxy) is 1. The maximum Gasteiger partial charge on any atom is 0.361 e.